The van der Waals surface area contributed by atoms with Crippen molar-refractivity contribution in [3.8, 4) is 0 Å². The summed E-state index contributed by atoms with van der Waals surface area (Å²) in [7, 11) is -1.38. The lowest BCUT2D eigenvalue weighted by Gasteiger charge is -2.29. The molecule has 0 aromatic heterocycles. The number of carbonyl (C=O) groups excluding carboxylic acids is 1. The predicted octanol–water partition coefficient (Wildman–Crippen LogP) is 5.78. The van der Waals surface area contributed by atoms with Crippen LogP contribution in [0.25, 0.3) is 0 Å². The van der Waals surface area contributed by atoms with E-state index in [0.29, 0.717) is 6.42 Å². The van der Waals surface area contributed by atoms with Crippen molar-refractivity contribution in [1.29, 1.82) is 0 Å². The second-order valence-corrected chi connectivity index (χ2v) is 15.2. The van der Waals surface area contributed by atoms with Gasteiger partial charge in [-0.15, -0.1) is 0 Å². The molecular formula is C19H38BrNO3Si. The molecule has 0 fully saturated rings. The van der Waals surface area contributed by atoms with Crippen LogP contribution in [-0.4, -0.2) is 47.2 Å². The predicted molar refractivity (Wildman–Crippen MR) is 113 cm³/mol. The molecule has 4 nitrogen and oxygen atoms in total. The Morgan fingerprint density at radius 1 is 1.20 bits per heavy atom. The highest BCUT2D eigenvalue weighted by molar-refractivity contribution is 9.09. The number of aliphatic hydroxyl groups is 1. The van der Waals surface area contributed by atoms with Gasteiger partial charge in [-0.05, 0) is 52.2 Å². The molecule has 6 heteroatoms. The van der Waals surface area contributed by atoms with Crippen LogP contribution in [-0.2, 0) is 4.74 Å². The average molecular weight is 437 g/mol. The zero-order valence-corrected chi connectivity index (χ0v) is 19.9. The first kappa shape index (κ1) is 24.7. The molecule has 0 aliphatic rings. The van der Waals surface area contributed by atoms with Gasteiger partial charge in [0.05, 0.1) is 12.4 Å². The molecule has 0 heterocycles. The first-order chi connectivity index (χ1) is 11.4. The van der Waals surface area contributed by atoms with Crippen molar-refractivity contribution in [3.63, 3.8) is 0 Å². The summed E-state index contributed by atoms with van der Waals surface area (Å²) in [5.74, 6) is 0. The number of ether oxygens (including phenoxy) is 1. The van der Waals surface area contributed by atoms with E-state index >= 15 is 0 Å². The molecule has 0 aliphatic carbocycles. The van der Waals surface area contributed by atoms with Gasteiger partial charge in [0.1, 0.15) is 0 Å². The average Bonchev–Trinajstić information content (AvgIpc) is 2.42. The third-order valence-corrected chi connectivity index (χ3v) is 6.44. The Morgan fingerprint density at radius 3 is 2.12 bits per heavy atom. The van der Waals surface area contributed by atoms with E-state index in [2.05, 4.69) is 42.5 Å². The lowest BCUT2D eigenvalue weighted by Crippen LogP contribution is -2.41. The van der Waals surface area contributed by atoms with Crippen LogP contribution < -0.4 is 0 Å². The summed E-state index contributed by atoms with van der Waals surface area (Å²) in [4.78, 5) is 14.2. The standard InChI is InChI=1S/C19H38BrNO3Si/c1-9-10-17(20)18(22)11-16(13-25(6,7)8)12-24-19(23)21(14(2)3)15(4)5/h12,14-15,17-18,22H,9-11,13H2,1-8H3/b16-12-/t17-,18+/m0/s1. The van der Waals surface area contributed by atoms with Crippen LogP contribution in [0.15, 0.2) is 11.8 Å². The summed E-state index contributed by atoms with van der Waals surface area (Å²) in [5.41, 5.74) is 1.02. The van der Waals surface area contributed by atoms with E-state index in [1.165, 1.54) is 0 Å². The highest BCUT2D eigenvalue weighted by Gasteiger charge is 2.24. The van der Waals surface area contributed by atoms with Gasteiger partial charge in [0.15, 0.2) is 0 Å². The summed E-state index contributed by atoms with van der Waals surface area (Å²) in [5, 5.41) is 10.4. The Labute approximate surface area is 164 Å². The zero-order chi connectivity index (χ0) is 19.8. The Balaban J connectivity index is 5.14. The Bertz CT molecular complexity index is 425. The molecule has 148 valence electrons. The van der Waals surface area contributed by atoms with Gasteiger partial charge in [-0.3, -0.25) is 0 Å². The van der Waals surface area contributed by atoms with Crippen LogP contribution in [0.5, 0.6) is 0 Å². The summed E-state index contributed by atoms with van der Waals surface area (Å²) < 4.78 is 5.50. The number of carbonyl (C=O) groups is 1. The minimum atomic E-state index is -1.38. The minimum Gasteiger partial charge on any atom is -0.418 e. The van der Waals surface area contributed by atoms with Crippen molar-refractivity contribution in [1.82, 2.24) is 4.90 Å². The third kappa shape index (κ3) is 10.4. The van der Waals surface area contributed by atoms with Crippen molar-refractivity contribution in [2.24, 2.45) is 0 Å². The summed E-state index contributed by atoms with van der Waals surface area (Å²) in [6, 6.07) is 1.08. The summed E-state index contributed by atoms with van der Waals surface area (Å²) in [6.07, 6.45) is 3.29. The molecule has 0 saturated heterocycles. The van der Waals surface area contributed by atoms with E-state index in [-0.39, 0.29) is 23.0 Å². The number of hydrogen-bond donors (Lipinski definition) is 1. The molecule has 0 unspecified atom stereocenters. The quantitative estimate of drug-likeness (QED) is 0.268. The first-order valence-electron chi connectivity index (χ1n) is 9.38. The first-order valence-corrected chi connectivity index (χ1v) is 14.0. The molecule has 2 atom stereocenters. The molecule has 0 aliphatic heterocycles. The lowest BCUT2D eigenvalue weighted by molar-refractivity contribution is 0.107. The van der Waals surface area contributed by atoms with Gasteiger partial charge < -0.3 is 14.7 Å². The molecule has 25 heavy (non-hydrogen) atoms. The molecule has 1 amide bonds. The van der Waals surface area contributed by atoms with Crippen LogP contribution in [0, 0.1) is 0 Å². The maximum atomic E-state index is 12.4. The summed E-state index contributed by atoms with van der Waals surface area (Å²) in [6.45, 7) is 16.9. The Hall–Kier alpha value is -0.333. The van der Waals surface area contributed by atoms with E-state index in [1.807, 2.05) is 27.7 Å². The molecule has 0 bridgehead atoms. The zero-order valence-electron chi connectivity index (χ0n) is 17.3. The fourth-order valence-corrected chi connectivity index (χ4v) is 5.16. The SMILES string of the molecule is CCC[C@H](Br)[C@H](O)C/C(=C/OC(=O)N(C(C)C)C(C)C)C[Si](C)(C)C. The second kappa shape index (κ2) is 11.4. The number of alkyl halides is 1. The van der Waals surface area contributed by atoms with Crippen molar-refractivity contribution in [2.45, 2.75) is 103 Å². The highest BCUT2D eigenvalue weighted by atomic mass is 79.9. The second-order valence-electron chi connectivity index (χ2n) is 8.57. The Morgan fingerprint density at radius 2 is 1.72 bits per heavy atom. The van der Waals surface area contributed by atoms with Crippen LogP contribution >= 0.6 is 15.9 Å². The highest BCUT2D eigenvalue weighted by Crippen LogP contribution is 2.25. The molecule has 1 N–H and O–H groups in total. The van der Waals surface area contributed by atoms with Gasteiger partial charge in [-0.25, -0.2) is 4.79 Å². The largest absolute Gasteiger partial charge is 0.418 e. The smallest absolute Gasteiger partial charge is 0.415 e. The number of hydrogen-bond acceptors (Lipinski definition) is 3. The van der Waals surface area contributed by atoms with E-state index in [0.717, 1.165) is 24.5 Å². The van der Waals surface area contributed by atoms with Crippen molar-refractivity contribution in [3.05, 3.63) is 11.8 Å². The van der Waals surface area contributed by atoms with Crippen molar-refractivity contribution in [2.75, 3.05) is 0 Å². The van der Waals surface area contributed by atoms with Crippen LogP contribution in [0.3, 0.4) is 0 Å². The topological polar surface area (TPSA) is 49.8 Å². The molecular weight excluding hydrogens is 398 g/mol. The van der Waals surface area contributed by atoms with Gasteiger partial charge in [0, 0.05) is 25.0 Å². The fraction of sp³-hybridized carbons (Fsp3) is 0.842. The van der Waals surface area contributed by atoms with Gasteiger partial charge in [-0.2, -0.15) is 0 Å². The van der Waals surface area contributed by atoms with E-state index in [4.69, 9.17) is 4.74 Å². The van der Waals surface area contributed by atoms with Crippen LogP contribution in [0.4, 0.5) is 4.79 Å². The normalized spacial score (nSPS) is 15.4. The number of aliphatic hydroxyl groups excluding tert-OH is 1. The molecule has 0 aromatic carbocycles. The minimum absolute atomic E-state index is 0.0704. The van der Waals surface area contributed by atoms with E-state index in [9.17, 15) is 9.90 Å². The fourth-order valence-electron chi connectivity index (χ4n) is 2.92. The number of nitrogens with zero attached hydrogens (tertiary/aromatic N) is 1. The summed E-state index contributed by atoms with van der Waals surface area (Å²) >= 11 is 3.57. The van der Waals surface area contributed by atoms with Gasteiger partial charge >= 0.3 is 6.09 Å². The third-order valence-electron chi connectivity index (χ3n) is 3.86. The van der Waals surface area contributed by atoms with Crippen molar-refractivity contribution >= 4 is 30.1 Å². The molecule has 0 rings (SSSR count). The molecule has 0 saturated carbocycles. The van der Waals surface area contributed by atoms with Crippen LogP contribution in [0.1, 0.15) is 53.9 Å². The number of halogens is 1. The number of rotatable bonds is 10. The number of amides is 1. The molecule has 0 radical (unpaired) electrons. The molecule has 0 aromatic rings. The van der Waals surface area contributed by atoms with Gasteiger partial charge in [-0.1, -0.05) is 48.9 Å². The monoisotopic (exact) mass is 435 g/mol. The van der Waals surface area contributed by atoms with E-state index in [1.54, 1.807) is 11.2 Å². The molecule has 0 spiro atoms. The van der Waals surface area contributed by atoms with E-state index < -0.39 is 14.2 Å². The van der Waals surface area contributed by atoms with Gasteiger partial charge in [0.2, 0.25) is 0 Å². The van der Waals surface area contributed by atoms with Crippen LogP contribution in [0.2, 0.25) is 25.7 Å². The maximum absolute atomic E-state index is 12.4. The van der Waals surface area contributed by atoms with Gasteiger partial charge in [0.25, 0.3) is 0 Å². The van der Waals surface area contributed by atoms with Crippen molar-refractivity contribution < 1.29 is 14.6 Å². The Kier molecular flexibility index (Phi) is 11.2. The lowest BCUT2D eigenvalue weighted by atomic mass is 10.1. The maximum Gasteiger partial charge on any atom is 0.415 e.